The van der Waals surface area contributed by atoms with Crippen LogP contribution in [0.2, 0.25) is 0 Å². The molecule has 0 spiro atoms. The summed E-state index contributed by atoms with van der Waals surface area (Å²) in [5, 5.41) is 0. The normalized spacial score (nSPS) is 18.5. The number of ether oxygens (including phenoxy) is 1. The largest absolute Gasteiger partial charge is 0.467 e. The van der Waals surface area contributed by atoms with Crippen molar-refractivity contribution in [2.24, 2.45) is 0 Å². The molecule has 1 heterocycles. The van der Waals surface area contributed by atoms with Crippen LogP contribution in [-0.4, -0.2) is 36.5 Å². The van der Waals surface area contributed by atoms with Crippen LogP contribution in [0.5, 0.6) is 0 Å². The fourth-order valence-corrected chi connectivity index (χ4v) is 2.40. The zero-order chi connectivity index (χ0) is 15.6. The Balaban J connectivity index is 2.33. The summed E-state index contributed by atoms with van der Waals surface area (Å²) >= 11 is 0. The third kappa shape index (κ3) is 2.86. The predicted molar refractivity (Wildman–Crippen MR) is 67.0 cm³/mol. The zero-order valence-electron chi connectivity index (χ0n) is 11.4. The van der Waals surface area contributed by atoms with Gasteiger partial charge in [0, 0.05) is 6.54 Å². The SMILES string of the molecule is COC(=O)C1CCCCN1C(=O)c1ccc(F)c(F)c1F. The molecular formula is C14H14F3NO3. The van der Waals surface area contributed by atoms with E-state index in [0.717, 1.165) is 17.4 Å². The van der Waals surface area contributed by atoms with Gasteiger partial charge in [-0.3, -0.25) is 4.79 Å². The number of amides is 1. The van der Waals surface area contributed by atoms with E-state index in [1.807, 2.05) is 0 Å². The third-order valence-electron chi connectivity index (χ3n) is 3.50. The highest BCUT2D eigenvalue weighted by Crippen LogP contribution is 2.23. The highest BCUT2D eigenvalue weighted by atomic mass is 19.2. The maximum atomic E-state index is 13.7. The molecule has 21 heavy (non-hydrogen) atoms. The van der Waals surface area contributed by atoms with E-state index in [1.165, 1.54) is 7.11 Å². The van der Waals surface area contributed by atoms with Crippen molar-refractivity contribution in [2.45, 2.75) is 25.3 Å². The van der Waals surface area contributed by atoms with Crippen LogP contribution < -0.4 is 0 Å². The Labute approximate surface area is 119 Å². The summed E-state index contributed by atoms with van der Waals surface area (Å²) in [6, 6.07) is 0.727. The van der Waals surface area contributed by atoms with Gasteiger partial charge in [0.2, 0.25) is 0 Å². The molecule has 1 aromatic rings. The quantitative estimate of drug-likeness (QED) is 0.622. The molecule has 0 N–H and O–H groups in total. The average molecular weight is 301 g/mol. The van der Waals surface area contributed by atoms with E-state index in [2.05, 4.69) is 4.74 Å². The van der Waals surface area contributed by atoms with Crippen LogP contribution in [0, 0.1) is 17.5 Å². The number of esters is 1. The topological polar surface area (TPSA) is 46.6 Å². The minimum absolute atomic E-state index is 0.233. The molecule has 1 aliphatic rings. The Kier molecular flexibility index (Phi) is 4.50. The van der Waals surface area contributed by atoms with E-state index in [4.69, 9.17) is 0 Å². The number of nitrogens with zero attached hydrogens (tertiary/aromatic N) is 1. The maximum Gasteiger partial charge on any atom is 0.328 e. The third-order valence-corrected chi connectivity index (χ3v) is 3.50. The van der Waals surface area contributed by atoms with E-state index >= 15 is 0 Å². The summed E-state index contributed by atoms with van der Waals surface area (Å²) in [7, 11) is 1.19. The molecule has 1 saturated heterocycles. The van der Waals surface area contributed by atoms with E-state index in [1.54, 1.807) is 0 Å². The molecule has 1 unspecified atom stereocenters. The number of carbonyl (C=O) groups is 2. The van der Waals surface area contributed by atoms with Crippen molar-refractivity contribution in [2.75, 3.05) is 13.7 Å². The molecule has 1 aliphatic heterocycles. The number of likely N-dealkylation sites (tertiary alicyclic amines) is 1. The molecule has 0 radical (unpaired) electrons. The van der Waals surface area contributed by atoms with Gasteiger partial charge in [-0.15, -0.1) is 0 Å². The molecule has 1 fully saturated rings. The van der Waals surface area contributed by atoms with Crippen LogP contribution in [0.3, 0.4) is 0 Å². The second-order valence-corrected chi connectivity index (χ2v) is 4.76. The standard InChI is InChI=1S/C14H14F3NO3/c1-21-14(20)10-4-2-3-7-18(10)13(19)8-5-6-9(15)12(17)11(8)16/h5-6,10H,2-4,7H2,1H3. The van der Waals surface area contributed by atoms with E-state index in [9.17, 15) is 22.8 Å². The number of carbonyl (C=O) groups excluding carboxylic acids is 2. The lowest BCUT2D eigenvalue weighted by molar-refractivity contribution is -0.147. The van der Waals surface area contributed by atoms with Gasteiger partial charge in [0.25, 0.3) is 5.91 Å². The number of methoxy groups -OCH3 is 1. The Hall–Kier alpha value is -2.05. The number of rotatable bonds is 2. The molecule has 4 nitrogen and oxygen atoms in total. The Morgan fingerprint density at radius 2 is 1.90 bits per heavy atom. The van der Waals surface area contributed by atoms with Crippen molar-refractivity contribution in [3.05, 3.63) is 35.1 Å². The van der Waals surface area contributed by atoms with Gasteiger partial charge in [0.1, 0.15) is 6.04 Å². The molecule has 7 heteroatoms. The van der Waals surface area contributed by atoms with Crippen LogP contribution in [0.1, 0.15) is 29.6 Å². The lowest BCUT2D eigenvalue weighted by Gasteiger charge is -2.33. The number of hydrogen-bond acceptors (Lipinski definition) is 3. The van der Waals surface area contributed by atoms with Crippen LogP contribution in [0.25, 0.3) is 0 Å². The summed E-state index contributed by atoms with van der Waals surface area (Å²) in [5.41, 5.74) is -0.593. The van der Waals surface area contributed by atoms with Gasteiger partial charge in [0.05, 0.1) is 12.7 Å². The highest BCUT2D eigenvalue weighted by molar-refractivity contribution is 5.97. The van der Waals surface area contributed by atoms with Gasteiger partial charge in [0.15, 0.2) is 17.5 Å². The fourth-order valence-electron chi connectivity index (χ4n) is 2.40. The number of piperidine rings is 1. The minimum atomic E-state index is -1.70. The predicted octanol–water partition coefficient (Wildman–Crippen LogP) is 2.27. The minimum Gasteiger partial charge on any atom is -0.467 e. The Bertz CT molecular complexity index is 577. The molecule has 114 valence electrons. The van der Waals surface area contributed by atoms with Crippen LogP contribution in [-0.2, 0) is 9.53 Å². The van der Waals surface area contributed by atoms with Gasteiger partial charge in [-0.1, -0.05) is 0 Å². The Morgan fingerprint density at radius 3 is 2.57 bits per heavy atom. The Morgan fingerprint density at radius 1 is 1.19 bits per heavy atom. The summed E-state index contributed by atoms with van der Waals surface area (Å²) < 4.78 is 44.5. The molecule has 0 saturated carbocycles. The van der Waals surface area contributed by atoms with Crippen molar-refractivity contribution in [1.82, 2.24) is 4.90 Å². The summed E-state index contributed by atoms with van der Waals surface area (Å²) in [5.74, 6) is -6.07. The van der Waals surface area contributed by atoms with E-state index in [0.29, 0.717) is 18.9 Å². The van der Waals surface area contributed by atoms with Crippen molar-refractivity contribution in [3.63, 3.8) is 0 Å². The smallest absolute Gasteiger partial charge is 0.328 e. The first-order valence-corrected chi connectivity index (χ1v) is 6.49. The first-order valence-electron chi connectivity index (χ1n) is 6.49. The van der Waals surface area contributed by atoms with Crippen LogP contribution >= 0.6 is 0 Å². The molecule has 0 aliphatic carbocycles. The molecule has 2 rings (SSSR count). The molecule has 1 aromatic carbocycles. The number of halogens is 3. The highest BCUT2D eigenvalue weighted by Gasteiger charge is 2.35. The summed E-state index contributed by atoms with van der Waals surface area (Å²) in [6.45, 7) is 0.233. The van der Waals surface area contributed by atoms with Crippen molar-refractivity contribution >= 4 is 11.9 Å². The van der Waals surface area contributed by atoms with Gasteiger partial charge >= 0.3 is 5.97 Å². The molecular weight excluding hydrogens is 287 g/mol. The first-order chi connectivity index (χ1) is 9.97. The zero-order valence-corrected chi connectivity index (χ0v) is 11.4. The van der Waals surface area contributed by atoms with Crippen molar-refractivity contribution in [3.8, 4) is 0 Å². The number of hydrogen-bond donors (Lipinski definition) is 0. The van der Waals surface area contributed by atoms with Crippen molar-refractivity contribution in [1.29, 1.82) is 0 Å². The van der Waals surface area contributed by atoms with Crippen LogP contribution in [0.4, 0.5) is 13.2 Å². The fraction of sp³-hybridized carbons (Fsp3) is 0.429. The average Bonchev–Trinajstić information content (AvgIpc) is 2.51. The van der Waals surface area contributed by atoms with E-state index in [-0.39, 0.29) is 6.54 Å². The molecule has 1 amide bonds. The second kappa shape index (κ2) is 6.15. The van der Waals surface area contributed by atoms with Gasteiger partial charge in [-0.25, -0.2) is 18.0 Å². The summed E-state index contributed by atoms with van der Waals surface area (Å²) in [4.78, 5) is 25.1. The van der Waals surface area contributed by atoms with Crippen LogP contribution in [0.15, 0.2) is 12.1 Å². The second-order valence-electron chi connectivity index (χ2n) is 4.76. The van der Waals surface area contributed by atoms with E-state index < -0.39 is 40.9 Å². The van der Waals surface area contributed by atoms with Gasteiger partial charge in [-0.05, 0) is 31.4 Å². The van der Waals surface area contributed by atoms with Crippen molar-refractivity contribution < 1.29 is 27.5 Å². The van der Waals surface area contributed by atoms with Gasteiger partial charge in [-0.2, -0.15) is 0 Å². The lowest BCUT2D eigenvalue weighted by atomic mass is 10.0. The lowest BCUT2D eigenvalue weighted by Crippen LogP contribution is -2.48. The molecule has 0 bridgehead atoms. The van der Waals surface area contributed by atoms with Gasteiger partial charge < -0.3 is 9.64 Å². The maximum absolute atomic E-state index is 13.7. The first kappa shape index (κ1) is 15.3. The summed E-state index contributed by atoms with van der Waals surface area (Å²) in [6.07, 6.45) is 1.76. The monoisotopic (exact) mass is 301 g/mol. The number of benzene rings is 1. The molecule has 0 aromatic heterocycles. The molecule has 1 atom stereocenters.